The second-order valence-corrected chi connectivity index (χ2v) is 19.0. The molecule has 3 atom stereocenters. The summed E-state index contributed by atoms with van der Waals surface area (Å²) in [5.41, 5.74) is 5.86. The van der Waals surface area contributed by atoms with Crippen molar-refractivity contribution < 1.29 is 42.1 Å². The Labute approximate surface area is 397 Å². The van der Waals surface area contributed by atoms with E-state index in [4.69, 9.17) is 47.4 Å². The van der Waals surface area contributed by atoms with Crippen LogP contribution in [0.4, 0.5) is 5.82 Å². The Hall–Kier alpha value is -6.67. The van der Waals surface area contributed by atoms with Crippen LogP contribution in [0.15, 0.2) is 126 Å². The number of hydrogen-bond acceptors (Lipinski definition) is 11. The minimum absolute atomic E-state index is 0.0635. The molecule has 3 aliphatic heterocycles. The number of nitriles is 1. The fraction of sp³-hybridized carbons (Fsp3) is 0.240. The van der Waals surface area contributed by atoms with Crippen LogP contribution < -0.4 is 24.4 Å². The summed E-state index contributed by atoms with van der Waals surface area (Å²) in [7, 11) is -4.40. The van der Waals surface area contributed by atoms with Crippen LogP contribution in [-0.4, -0.2) is 79.7 Å². The molecule has 0 spiro atoms. The van der Waals surface area contributed by atoms with Gasteiger partial charge in [0, 0.05) is 32.3 Å². The van der Waals surface area contributed by atoms with Gasteiger partial charge in [-0.3, -0.25) is 4.79 Å². The Morgan fingerprint density at radius 3 is 2.24 bits per heavy atom. The molecule has 1 amide bonds. The van der Waals surface area contributed by atoms with Crippen molar-refractivity contribution in [2.45, 2.75) is 49.1 Å². The third kappa shape index (κ3) is 10.2. The minimum Gasteiger partial charge on any atom is -0.489 e. The molecule has 1 aromatic heterocycles. The first-order valence-electron chi connectivity index (χ1n) is 21.5. The monoisotopic (exact) mass is 959 g/mol. The largest absolute Gasteiger partial charge is 0.489 e. The smallest absolute Gasteiger partial charge is 0.326 e. The molecule has 67 heavy (non-hydrogen) atoms. The van der Waals surface area contributed by atoms with Crippen LogP contribution >= 0.6 is 23.2 Å². The fourth-order valence-electron chi connectivity index (χ4n) is 8.26. The fourth-order valence-corrected chi connectivity index (χ4v) is 10.1. The Morgan fingerprint density at radius 2 is 1.57 bits per heavy atom. The summed E-state index contributed by atoms with van der Waals surface area (Å²) in [6.45, 7) is 2.51. The zero-order valence-corrected chi connectivity index (χ0v) is 38.1. The second kappa shape index (κ2) is 19.7. The third-order valence-electron chi connectivity index (χ3n) is 12.0. The number of rotatable bonds is 13. The highest BCUT2D eigenvalue weighted by molar-refractivity contribution is 7.89. The third-order valence-corrected chi connectivity index (χ3v) is 14.6. The number of amides is 1. The maximum absolute atomic E-state index is 14.7. The van der Waals surface area contributed by atoms with Crippen LogP contribution in [0.3, 0.4) is 0 Å². The van der Waals surface area contributed by atoms with Gasteiger partial charge in [0.2, 0.25) is 15.9 Å². The number of halogens is 2. The topological polar surface area (TPSA) is 181 Å². The lowest BCUT2D eigenvalue weighted by Gasteiger charge is -2.37. The zero-order chi connectivity index (χ0) is 46.7. The van der Waals surface area contributed by atoms with Crippen molar-refractivity contribution in [1.29, 1.82) is 5.26 Å². The van der Waals surface area contributed by atoms with E-state index < -0.39 is 40.1 Å². The van der Waals surface area contributed by atoms with Gasteiger partial charge in [0.25, 0.3) is 0 Å². The summed E-state index contributed by atoms with van der Waals surface area (Å²) >= 11 is 12.2. The molecule has 1 fully saturated rings. The first-order valence-corrected chi connectivity index (χ1v) is 23.7. The lowest BCUT2D eigenvalue weighted by molar-refractivity contribution is -0.142. The number of benzene rings is 5. The first-order chi connectivity index (χ1) is 32.4. The molecule has 0 aliphatic carbocycles. The van der Waals surface area contributed by atoms with Gasteiger partial charge in [-0.05, 0) is 106 Å². The van der Waals surface area contributed by atoms with E-state index in [2.05, 4.69) is 16.4 Å². The number of aliphatic carboxylic acids is 1. The van der Waals surface area contributed by atoms with E-state index in [1.165, 1.54) is 12.3 Å². The standard InChI is InChI=1S/C50H43Cl2N5O9S/c51-41-15-5-33(21-42(41)52)29-64-39-12-10-36(11-13-39)47-30-65-45-24-37-23-44(49(58)55-43(50(59)60)22-31-1-6-34(7-2-31)35-8-3-32(26-53)4-9-35)57(28-38(37)25-46(45)66-47)67(61,62)40-14-16-48(54-27-40)56-17-19-63-20-18-56/h1-16,21,24-25,27,43-44,47H,17-20,22-23,28-30H2,(H,55,58)(H,59,60). The van der Waals surface area contributed by atoms with Crippen LogP contribution in [0.5, 0.6) is 17.2 Å². The molecule has 2 N–H and O–H groups in total. The highest BCUT2D eigenvalue weighted by atomic mass is 35.5. The lowest BCUT2D eigenvalue weighted by atomic mass is 9.94. The van der Waals surface area contributed by atoms with Gasteiger partial charge >= 0.3 is 5.97 Å². The molecule has 0 bridgehead atoms. The van der Waals surface area contributed by atoms with Crippen LogP contribution in [0.1, 0.15) is 39.5 Å². The maximum Gasteiger partial charge on any atom is 0.326 e. The quantitative estimate of drug-likeness (QED) is 0.115. The molecular formula is C50H43Cl2N5O9S. The molecular weight excluding hydrogens is 918 g/mol. The van der Waals surface area contributed by atoms with Gasteiger partial charge in [-0.2, -0.15) is 9.57 Å². The van der Waals surface area contributed by atoms with Crippen LogP contribution in [-0.2, 0) is 50.3 Å². The molecule has 4 heterocycles. The number of morpholine rings is 1. The maximum atomic E-state index is 14.7. The Balaban J connectivity index is 0.946. The average molecular weight is 961 g/mol. The van der Waals surface area contributed by atoms with E-state index in [0.717, 1.165) is 26.6 Å². The van der Waals surface area contributed by atoms with E-state index in [1.807, 2.05) is 59.5 Å². The first kappa shape index (κ1) is 45.5. The number of ether oxygens (including phenoxy) is 4. The molecule has 3 unspecified atom stereocenters. The molecule has 3 aliphatic rings. The molecule has 342 valence electrons. The zero-order valence-electron chi connectivity index (χ0n) is 35.8. The molecule has 17 heteroatoms. The molecule has 0 saturated carbocycles. The average Bonchev–Trinajstić information content (AvgIpc) is 3.36. The molecule has 14 nitrogen and oxygen atoms in total. The van der Waals surface area contributed by atoms with Gasteiger partial charge in [0.1, 0.15) is 41.8 Å². The van der Waals surface area contributed by atoms with Gasteiger partial charge in [-0.1, -0.05) is 77.8 Å². The van der Waals surface area contributed by atoms with Crippen molar-refractivity contribution >= 4 is 50.9 Å². The molecule has 6 aromatic rings. The lowest BCUT2D eigenvalue weighted by Crippen LogP contribution is -2.55. The van der Waals surface area contributed by atoms with E-state index >= 15 is 0 Å². The van der Waals surface area contributed by atoms with E-state index in [-0.39, 0.29) is 30.9 Å². The summed E-state index contributed by atoms with van der Waals surface area (Å²) in [5.74, 6) is 0.0197. The number of hydrogen-bond donors (Lipinski definition) is 2. The van der Waals surface area contributed by atoms with Crippen molar-refractivity contribution in [1.82, 2.24) is 14.6 Å². The van der Waals surface area contributed by atoms with Gasteiger partial charge in [-0.15, -0.1) is 0 Å². The second-order valence-electron chi connectivity index (χ2n) is 16.3. The molecule has 1 saturated heterocycles. The highest BCUT2D eigenvalue weighted by Gasteiger charge is 2.42. The number of nitrogens with zero attached hydrogens (tertiary/aromatic N) is 4. The number of sulfonamides is 1. The van der Waals surface area contributed by atoms with E-state index in [0.29, 0.717) is 88.3 Å². The summed E-state index contributed by atoms with van der Waals surface area (Å²) in [4.78, 5) is 33.5. The number of fused-ring (bicyclic) bond motifs is 2. The number of nitrogens with one attached hydrogen (secondary N) is 1. The van der Waals surface area contributed by atoms with E-state index in [1.54, 1.807) is 54.6 Å². The van der Waals surface area contributed by atoms with E-state index in [9.17, 15) is 23.1 Å². The number of anilines is 1. The number of pyridine rings is 1. The van der Waals surface area contributed by atoms with Crippen LogP contribution in [0.2, 0.25) is 10.0 Å². The number of carboxylic acid groups (broad SMARTS) is 1. The summed E-state index contributed by atoms with van der Waals surface area (Å²) < 4.78 is 54.5. The highest BCUT2D eigenvalue weighted by Crippen LogP contribution is 2.42. The minimum atomic E-state index is -4.40. The number of carbonyl (C=O) groups is 2. The Kier molecular flexibility index (Phi) is 13.3. The van der Waals surface area contributed by atoms with Gasteiger partial charge in [0.05, 0.1) is 34.9 Å². The normalized spacial score (nSPS) is 17.4. The van der Waals surface area contributed by atoms with Gasteiger partial charge < -0.3 is 34.3 Å². The summed E-state index contributed by atoms with van der Waals surface area (Å²) in [6.07, 6.45) is 0.651. The Morgan fingerprint density at radius 1 is 0.866 bits per heavy atom. The van der Waals surface area contributed by atoms with Gasteiger partial charge in [0.15, 0.2) is 17.6 Å². The van der Waals surface area contributed by atoms with Crippen molar-refractivity contribution in [3.63, 3.8) is 0 Å². The SMILES string of the molecule is N#Cc1ccc(-c2ccc(CC(NC(=O)C3Cc4cc5c(cc4CN3S(=O)(=O)c3ccc(N4CCOCC4)nc3)OC(c3ccc(OCc4ccc(Cl)c(Cl)c4)cc3)CO5)C(=O)O)cc2)cc1. The number of carboxylic acids is 1. The Bertz CT molecular complexity index is 2950. The predicted octanol–water partition coefficient (Wildman–Crippen LogP) is 7.78. The van der Waals surface area contributed by atoms with Crippen molar-refractivity contribution in [3.05, 3.63) is 165 Å². The number of carbonyl (C=O) groups excluding carboxylic acids is 1. The van der Waals surface area contributed by atoms with Crippen molar-refractivity contribution in [2.75, 3.05) is 37.8 Å². The molecule has 5 aromatic carbocycles. The predicted molar refractivity (Wildman–Crippen MR) is 250 cm³/mol. The summed E-state index contributed by atoms with van der Waals surface area (Å²) in [5, 5.41) is 23.1. The van der Waals surface area contributed by atoms with Crippen LogP contribution in [0, 0.1) is 11.3 Å². The van der Waals surface area contributed by atoms with Crippen molar-refractivity contribution in [2.24, 2.45) is 0 Å². The van der Waals surface area contributed by atoms with Crippen LogP contribution in [0.25, 0.3) is 11.1 Å². The van der Waals surface area contributed by atoms with Gasteiger partial charge in [-0.25, -0.2) is 18.2 Å². The number of aromatic nitrogens is 1. The van der Waals surface area contributed by atoms with Crippen molar-refractivity contribution in [3.8, 4) is 34.4 Å². The molecule has 9 rings (SSSR count). The molecule has 0 radical (unpaired) electrons. The summed E-state index contributed by atoms with van der Waals surface area (Å²) in [6, 6.07) is 33.1.